The van der Waals surface area contributed by atoms with E-state index in [1.165, 1.54) is 38.5 Å². The van der Waals surface area contributed by atoms with E-state index in [1.807, 2.05) is 18.2 Å². The maximum absolute atomic E-state index is 6.01. The van der Waals surface area contributed by atoms with Gasteiger partial charge in [0.2, 0.25) is 5.88 Å². The average molecular weight is 476 g/mol. The van der Waals surface area contributed by atoms with Crippen LogP contribution < -0.4 is 15.4 Å². The molecular weight excluding hydrogens is 443 g/mol. The lowest BCUT2D eigenvalue weighted by atomic mass is 10.1. The summed E-state index contributed by atoms with van der Waals surface area (Å²) in [7, 11) is 1.62. The number of nitrogens with one attached hydrogen (secondary N) is 2. The molecule has 0 aliphatic heterocycles. The normalized spacial score (nSPS) is 15.7. The van der Waals surface area contributed by atoms with Crippen LogP contribution in [0.2, 0.25) is 0 Å². The van der Waals surface area contributed by atoms with Crippen LogP contribution in [0.25, 0.3) is 0 Å². The number of halogens is 1. The summed E-state index contributed by atoms with van der Waals surface area (Å²) in [4.78, 5) is 8.96. The van der Waals surface area contributed by atoms with Gasteiger partial charge in [0.05, 0.1) is 32.1 Å². The largest absolute Gasteiger partial charge is 0.481 e. The summed E-state index contributed by atoms with van der Waals surface area (Å²) in [5, 5.41) is 6.58. The molecule has 7 heteroatoms. The van der Waals surface area contributed by atoms with Gasteiger partial charge in [-0.25, -0.2) is 9.98 Å². The molecule has 26 heavy (non-hydrogen) atoms. The van der Waals surface area contributed by atoms with E-state index in [-0.39, 0.29) is 24.0 Å². The number of ether oxygens (including phenoxy) is 2. The first-order valence-corrected chi connectivity index (χ1v) is 9.45. The first kappa shape index (κ1) is 23.0. The SMILES string of the molecule is CCNC(=NCc1cccc(OC)n1)NCCOC1CCCCCC1.I. The minimum absolute atomic E-state index is 0. The zero-order valence-corrected chi connectivity index (χ0v) is 18.3. The standard InChI is InChI=1S/C19H32N4O2.HI/c1-3-20-19(22-15-16-9-8-12-18(23-16)24-2)21-13-14-25-17-10-6-4-5-7-11-17;/h8-9,12,17H,3-7,10-11,13-15H2,1-2H3,(H2,20,21,22);1H. The molecule has 6 nitrogen and oxygen atoms in total. The van der Waals surface area contributed by atoms with Gasteiger partial charge >= 0.3 is 0 Å². The summed E-state index contributed by atoms with van der Waals surface area (Å²) in [6.07, 6.45) is 8.16. The third kappa shape index (κ3) is 9.02. The summed E-state index contributed by atoms with van der Waals surface area (Å²) in [5.74, 6) is 1.40. The number of guanidine groups is 1. The second-order valence-corrected chi connectivity index (χ2v) is 6.28. The summed E-state index contributed by atoms with van der Waals surface area (Å²) in [5.41, 5.74) is 0.881. The van der Waals surface area contributed by atoms with Crippen molar-refractivity contribution in [2.75, 3.05) is 26.8 Å². The summed E-state index contributed by atoms with van der Waals surface area (Å²) < 4.78 is 11.2. The van der Waals surface area contributed by atoms with Crippen molar-refractivity contribution in [3.63, 3.8) is 0 Å². The molecule has 0 bridgehead atoms. The van der Waals surface area contributed by atoms with Gasteiger partial charge in [0.15, 0.2) is 5.96 Å². The quantitative estimate of drug-likeness (QED) is 0.198. The van der Waals surface area contributed by atoms with Crippen LogP contribution in [0.4, 0.5) is 0 Å². The summed E-state index contributed by atoms with van der Waals surface area (Å²) >= 11 is 0. The van der Waals surface area contributed by atoms with Crippen LogP contribution in [0.3, 0.4) is 0 Å². The number of hydrogen-bond acceptors (Lipinski definition) is 4. The van der Waals surface area contributed by atoms with Gasteiger partial charge < -0.3 is 20.1 Å². The Morgan fingerprint density at radius 3 is 2.65 bits per heavy atom. The van der Waals surface area contributed by atoms with E-state index in [4.69, 9.17) is 9.47 Å². The fraction of sp³-hybridized carbons (Fsp3) is 0.684. The van der Waals surface area contributed by atoms with Crippen LogP contribution in [0.5, 0.6) is 5.88 Å². The first-order chi connectivity index (χ1) is 12.3. The number of aromatic nitrogens is 1. The molecule has 1 saturated carbocycles. The zero-order chi connectivity index (χ0) is 17.7. The van der Waals surface area contributed by atoms with Crippen LogP contribution in [-0.4, -0.2) is 43.9 Å². The molecule has 1 aliphatic carbocycles. The van der Waals surface area contributed by atoms with Crippen LogP contribution in [0.15, 0.2) is 23.2 Å². The molecule has 2 N–H and O–H groups in total. The maximum atomic E-state index is 6.01. The van der Waals surface area contributed by atoms with Gasteiger partial charge in [0, 0.05) is 19.2 Å². The molecular formula is C19H33IN4O2. The van der Waals surface area contributed by atoms with Crippen LogP contribution >= 0.6 is 24.0 Å². The molecule has 0 aromatic carbocycles. The van der Waals surface area contributed by atoms with Gasteiger partial charge in [-0.3, -0.25) is 0 Å². The highest BCUT2D eigenvalue weighted by Gasteiger charge is 2.12. The van der Waals surface area contributed by atoms with E-state index in [0.29, 0.717) is 25.1 Å². The number of methoxy groups -OCH3 is 1. The Bertz CT molecular complexity index is 520. The van der Waals surface area contributed by atoms with Crippen molar-refractivity contribution < 1.29 is 9.47 Å². The predicted octanol–water partition coefficient (Wildman–Crippen LogP) is 3.50. The summed E-state index contributed by atoms with van der Waals surface area (Å²) in [6, 6.07) is 5.71. The van der Waals surface area contributed by atoms with Crippen molar-refractivity contribution in [3.8, 4) is 5.88 Å². The minimum atomic E-state index is 0. The fourth-order valence-electron chi connectivity index (χ4n) is 2.96. The molecule has 1 aliphatic rings. The number of hydrogen-bond donors (Lipinski definition) is 2. The highest BCUT2D eigenvalue weighted by Crippen LogP contribution is 2.19. The van der Waals surface area contributed by atoms with Crippen molar-refractivity contribution >= 4 is 29.9 Å². The number of rotatable bonds is 8. The Balaban J connectivity index is 0.00000338. The number of nitrogens with zero attached hydrogens (tertiary/aromatic N) is 2. The van der Waals surface area contributed by atoms with Crippen LogP contribution in [0.1, 0.15) is 51.1 Å². The lowest BCUT2D eigenvalue weighted by Gasteiger charge is -2.16. The molecule has 1 aromatic heterocycles. The molecule has 1 fully saturated rings. The predicted molar refractivity (Wildman–Crippen MR) is 116 cm³/mol. The minimum Gasteiger partial charge on any atom is -0.481 e. The van der Waals surface area contributed by atoms with Crippen molar-refractivity contribution in [2.45, 2.75) is 58.1 Å². The van der Waals surface area contributed by atoms with Crippen molar-refractivity contribution in [1.29, 1.82) is 0 Å². The highest BCUT2D eigenvalue weighted by molar-refractivity contribution is 14.0. The van der Waals surface area contributed by atoms with Crippen molar-refractivity contribution in [2.24, 2.45) is 4.99 Å². The molecule has 0 saturated heterocycles. The molecule has 0 radical (unpaired) electrons. The van der Waals surface area contributed by atoms with Gasteiger partial charge in [0.1, 0.15) is 0 Å². The monoisotopic (exact) mass is 476 g/mol. The molecule has 0 spiro atoms. The Hall–Kier alpha value is -1.09. The number of aliphatic imine (C=N–C) groups is 1. The van der Waals surface area contributed by atoms with E-state index < -0.39 is 0 Å². The lowest BCUT2D eigenvalue weighted by Crippen LogP contribution is -2.39. The summed E-state index contributed by atoms with van der Waals surface area (Å²) in [6.45, 7) is 4.86. The lowest BCUT2D eigenvalue weighted by molar-refractivity contribution is 0.0468. The smallest absolute Gasteiger partial charge is 0.213 e. The van der Waals surface area contributed by atoms with Crippen LogP contribution in [-0.2, 0) is 11.3 Å². The van der Waals surface area contributed by atoms with E-state index in [9.17, 15) is 0 Å². The third-order valence-corrected chi connectivity index (χ3v) is 4.28. The van der Waals surface area contributed by atoms with Gasteiger partial charge in [-0.05, 0) is 25.8 Å². The Morgan fingerprint density at radius 2 is 1.96 bits per heavy atom. The van der Waals surface area contributed by atoms with E-state index in [2.05, 4.69) is 27.5 Å². The molecule has 0 atom stereocenters. The molecule has 0 amide bonds. The Morgan fingerprint density at radius 1 is 1.19 bits per heavy atom. The Kier molecular flexibility index (Phi) is 12.4. The van der Waals surface area contributed by atoms with E-state index in [1.54, 1.807) is 7.11 Å². The first-order valence-electron chi connectivity index (χ1n) is 9.45. The zero-order valence-electron chi connectivity index (χ0n) is 16.0. The van der Waals surface area contributed by atoms with E-state index in [0.717, 1.165) is 24.7 Å². The van der Waals surface area contributed by atoms with Crippen molar-refractivity contribution in [3.05, 3.63) is 23.9 Å². The van der Waals surface area contributed by atoms with Gasteiger partial charge in [-0.2, -0.15) is 0 Å². The van der Waals surface area contributed by atoms with Crippen LogP contribution in [0, 0.1) is 0 Å². The molecule has 1 heterocycles. The van der Waals surface area contributed by atoms with Gasteiger partial charge in [-0.1, -0.05) is 31.7 Å². The second-order valence-electron chi connectivity index (χ2n) is 6.28. The van der Waals surface area contributed by atoms with E-state index >= 15 is 0 Å². The average Bonchev–Trinajstić information content (AvgIpc) is 2.92. The molecule has 1 aromatic rings. The van der Waals surface area contributed by atoms with Crippen molar-refractivity contribution in [1.82, 2.24) is 15.6 Å². The molecule has 0 unspecified atom stereocenters. The third-order valence-electron chi connectivity index (χ3n) is 4.28. The Labute approximate surface area is 174 Å². The van der Waals surface area contributed by atoms with Gasteiger partial charge in [-0.15, -0.1) is 24.0 Å². The highest BCUT2D eigenvalue weighted by atomic mass is 127. The fourth-order valence-corrected chi connectivity index (χ4v) is 2.96. The number of pyridine rings is 1. The topological polar surface area (TPSA) is 67.8 Å². The molecule has 148 valence electrons. The molecule has 2 rings (SSSR count). The second kappa shape index (κ2) is 14.0. The maximum Gasteiger partial charge on any atom is 0.213 e. The van der Waals surface area contributed by atoms with Gasteiger partial charge in [0.25, 0.3) is 0 Å².